The fourth-order valence-electron chi connectivity index (χ4n) is 1.69. The highest BCUT2D eigenvalue weighted by Gasteiger charge is 2.09. The first-order chi connectivity index (χ1) is 8.70. The van der Waals surface area contributed by atoms with Crippen LogP contribution in [0.1, 0.15) is 16.0 Å². The zero-order valence-electron chi connectivity index (χ0n) is 9.93. The van der Waals surface area contributed by atoms with Gasteiger partial charge in [0.25, 0.3) is 0 Å². The molecule has 0 unspecified atom stereocenters. The molecule has 4 heteroatoms. The number of hydrogen-bond donors (Lipinski definition) is 1. The molecule has 0 spiro atoms. The molecule has 3 nitrogen and oxygen atoms in total. The van der Waals surface area contributed by atoms with Gasteiger partial charge < -0.3 is 5.32 Å². The number of hydrogen-bond acceptors (Lipinski definition) is 3. The third-order valence-corrected chi connectivity index (χ3v) is 3.45. The Balaban J connectivity index is 2.13. The average Bonchev–Trinajstić information content (AvgIpc) is 2.82. The van der Waals surface area contributed by atoms with Crippen LogP contribution < -0.4 is 5.32 Å². The van der Waals surface area contributed by atoms with Gasteiger partial charge in [-0.1, -0.05) is 18.2 Å². The third kappa shape index (κ3) is 2.76. The van der Waals surface area contributed by atoms with Crippen molar-refractivity contribution in [2.75, 3.05) is 5.32 Å². The maximum Gasteiger partial charge on any atom is 0.229 e. The lowest BCUT2D eigenvalue weighted by Gasteiger charge is -2.08. The molecule has 0 saturated carbocycles. The van der Waals surface area contributed by atoms with E-state index in [0.717, 1.165) is 10.4 Å². The molecule has 1 N–H and O–H groups in total. The molecule has 0 saturated heterocycles. The zero-order chi connectivity index (χ0) is 13.0. The Morgan fingerprint density at radius 1 is 1.39 bits per heavy atom. The van der Waals surface area contributed by atoms with Gasteiger partial charge in [0.2, 0.25) is 5.91 Å². The standard InChI is InChI=1S/C14H12N2OS/c1-10-4-2-6-13(12(10)9-15)16-14(17)8-11-5-3-7-18-11/h2-7H,8H2,1H3,(H,16,17). The van der Waals surface area contributed by atoms with E-state index < -0.39 is 0 Å². The zero-order valence-corrected chi connectivity index (χ0v) is 10.8. The highest BCUT2D eigenvalue weighted by atomic mass is 32.1. The summed E-state index contributed by atoms with van der Waals surface area (Å²) >= 11 is 1.55. The van der Waals surface area contributed by atoms with Crippen molar-refractivity contribution in [3.63, 3.8) is 0 Å². The molecule has 18 heavy (non-hydrogen) atoms. The Kier molecular flexibility index (Phi) is 3.75. The predicted molar refractivity (Wildman–Crippen MR) is 72.5 cm³/mol. The van der Waals surface area contributed by atoms with Gasteiger partial charge in [-0.2, -0.15) is 5.26 Å². The first-order valence-electron chi connectivity index (χ1n) is 5.52. The number of thiophene rings is 1. The first kappa shape index (κ1) is 12.3. The molecule has 1 aromatic carbocycles. The van der Waals surface area contributed by atoms with Crippen LogP contribution in [-0.4, -0.2) is 5.91 Å². The summed E-state index contributed by atoms with van der Waals surface area (Å²) in [6.45, 7) is 1.85. The maximum absolute atomic E-state index is 11.8. The van der Waals surface area contributed by atoms with Crippen LogP contribution in [-0.2, 0) is 11.2 Å². The molecule has 1 amide bonds. The van der Waals surface area contributed by atoms with E-state index in [1.807, 2.05) is 36.6 Å². The normalized spacial score (nSPS) is 9.78. The van der Waals surface area contributed by atoms with Crippen molar-refractivity contribution in [2.24, 2.45) is 0 Å². The van der Waals surface area contributed by atoms with Gasteiger partial charge in [0, 0.05) is 4.88 Å². The molecule has 0 bridgehead atoms. The van der Waals surface area contributed by atoms with Gasteiger partial charge in [-0.3, -0.25) is 4.79 Å². The van der Waals surface area contributed by atoms with Crippen molar-refractivity contribution in [1.82, 2.24) is 0 Å². The predicted octanol–water partition coefficient (Wildman–Crippen LogP) is 3.11. The highest BCUT2D eigenvalue weighted by Crippen LogP contribution is 2.19. The largest absolute Gasteiger partial charge is 0.325 e. The van der Waals surface area contributed by atoms with Gasteiger partial charge in [0.15, 0.2) is 0 Å². The van der Waals surface area contributed by atoms with Crippen LogP contribution in [0, 0.1) is 18.3 Å². The number of rotatable bonds is 3. The Hall–Kier alpha value is -2.12. The van der Waals surface area contributed by atoms with E-state index in [1.165, 1.54) is 0 Å². The second-order valence-electron chi connectivity index (χ2n) is 3.91. The van der Waals surface area contributed by atoms with E-state index in [1.54, 1.807) is 17.4 Å². The number of aryl methyl sites for hydroxylation is 1. The smallest absolute Gasteiger partial charge is 0.229 e. The molecule has 0 radical (unpaired) electrons. The third-order valence-electron chi connectivity index (χ3n) is 2.57. The summed E-state index contributed by atoms with van der Waals surface area (Å²) in [5.41, 5.74) is 1.97. The van der Waals surface area contributed by atoms with E-state index in [4.69, 9.17) is 5.26 Å². The second-order valence-corrected chi connectivity index (χ2v) is 4.95. The number of amides is 1. The van der Waals surface area contributed by atoms with Crippen LogP contribution in [0.5, 0.6) is 0 Å². The second kappa shape index (κ2) is 5.48. The van der Waals surface area contributed by atoms with Crippen LogP contribution >= 0.6 is 11.3 Å². The van der Waals surface area contributed by atoms with Crippen LogP contribution in [0.4, 0.5) is 5.69 Å². The molecule has 0 aliphatic carbocycles. The van der Waals surface area contributed by atoms with E-state index in [0.29, 0.717) is 17.7 Å². The molecular formula is C14H12N2OS. The summed E-state index contributed by atoms with van der Waals surface area (Å²) in [6.07, 6.45) is 0.344. The summed E-state index contributed by atoms with van der Waals surface area (Å²) < 4.78 is 0. The van der Waals surface area contributed by atoms with Crippen molar-refractivity contribution >= 4 is 22.9 Å². The minimum Gasteiger partial charge on any atom is -0.325 e. The van der Waals surface area contributed by atoms with E-state index >= 15 is 0 Å². The van der Waals surface area contributed by atoms with Crippen LogP contribution in [0.25, 0.3) is 0 Å². The molecule has 0 atom stereocenters. The van der Waals surface area contributed by atoms with Gasteiger partial charge in [-0.05, 0) is 30.0 Å². The number of benzene rings is 1. The minimum atomic E-state index is -0.0976. The van der Waals surface area contributed by atoms with Crippen LogP contribution in [0.2, 0.25) is 0 Å². The summed E-state index contributed by atoms with van der Waals surface area (Å²) in [7, 11) is 0. The number of carbonyl (C=O) groups is 1. The molecular weight excluding hydrogens is 244 g/mol. The van der Waals surface area contributed by atoms with Crippen molar-refractivity contribution < 1.29 is 4.79 Å². The van der Waals surface area contributed by atoms with E-state index in [-0.39, 0.29) is 5.91 Å². The highest BCUT2D eigenvalue weighted by molar-refractivity contribution is 7.10. The number of carbonyl (C=O) groups excluding carboxylic acids is 1. The van der Waals surface area contributed by atoms with Gasteiger partial charge in [-0.25, -0.2) is 0 Å². The number of nitriles is 1. The lowest BCUT2D eigenvalue weighted by atomic mass is 10.1. The van der Waals surface area contributed by atoms with Gasteiger partial charge in [-0.15, -0.1) is 11.3 Å². The molecule has 0 aliphatic rings. The Bertz CT molecular complexity index is 597. The lowest BCUT2D eigenvalue weighted by molar-refractivity contribution is -0.115. The summed E-state index contributed by atoms with van der Waals surface area (Å²) in [5.74, 6) is -0.0976. The summed E-state index contributed by atoms with van der Waals surface area (Å²) in [6, 6.07) is 11.4. The molecule has 2 aromatic rings. The fraction of sp³-hybridized carbons (Fsp3) is 0.143. The monoisotopic (exact) mass is 256 g/mol. The fourth-order valence-corrected chi connectivity index (χ4v) is 2.39. The Labute approximate surface area is 110 Å². The number of nitrogens with one attached hydrogen (secondary N) is 1. The van der Waals surface area contributed by atoms with Gasteiger partial charge in [0.05, 0.1) is 17.7 Å². The van der Waals surface area contributed by atoms with E-state index in [9.17, 15) is 4.79 Å². The lowest BCUT2D eigenvalue weighted by Crippen LogP contribution is -2.14. The molecule has 1 aromatic heterocycles. The Morgan fingerprint density at radius 3 is 2.89 bits per heavy atom. The van der Waals surface area contributed by atoms with Crippen molar-refractivity contribution in [3.05, 3.63) is 51.7 Å². The number of anilines is 1. The Morgan fingerprint density at radius 2 is 2.22 bits per heavy atom. The summed E-state index contributed by atoms with van der Waals surface area (Å²) in [5, 5.41) is 13.8. The van der Waals surface area contributed by atoms with Crippen LogP contribution in [0.15, 0.2) is 35.7 Å². The maximum atomic E-state index is 11.8. The molecule has 1 heterocycles. The molecule has 2 rings (SSSR count). The van der Waals surface area contributed by atoms with E-state index in [2.05, 4.69) is 11.4 Å². The van der Waals surface area contributed by atoms with Crippen molar-refractivity contribution in [1.29, 1.82) is 5.26 Å². The van der Waals surface area contributed by atoms with Crippen LogP contribution in [0.3, 0.4) is 0 Å². The topological polar surface area (TPSA) is 52.9 Å². The van der Waals surface area contributed by atoms with Gasteiger partial charge >= 0.3 is 0 Å². The molecule has 0 fully saturated rings. The molecule has 0 aliphatic heterocycles. The minimum absolute atomic E-state index is 0.0976. The quantitative estimate of drug-likeness (QED) is 0.917. The van der Waals surface area contributed by atoms with Gasteiger partial charge in [0.1, 0.15) is 6.07 Å². The van der Waals surface area contributed by atoms with Crippen molar-refractivity contribution in [2.45, 2.75) is 13.3 Å². The first-order valence-corrected chi connectivity index (χ1v) is 6.40. The SMILES string of the molecule is Cc1cccc(NC(=O)Cc2cccs2)c1C#N. The average molecular weight is 256 g/mol. The molecule has 90 valence electrons. The summed E-state index contributed by atoms with van der Waals surface area (Å²) in [4.78, 5) is 12.9. The number of nitrogens with zero attached hydrogens (tertiary/aromatic N) is 1. The van der Waals surface area contributed by atoms with Crippen molar-refractivity contribution in [3.8, 4) is 6.07 Å².